The van der Waals surface area contributed by atoms with Crippen molar-refractivity contribution in [2.75, 3.05) is 25.4 Å². The molecule has 0 aliphatic rings. The van der Waals surface area contributed by atoms with Gasteiger partial charge in [0.05, 0.1) is 16.6 Å². The van der Waals surface area contributed by atoms with Crippen molar-refractivity contribution in [1.29, 1.82) is 0 Å². The van der Waals surface area contributed by atoms with Crippen molar-refractivity contribution in [3.8, 4) is 0 Å². The van der Waals surface area contributed by atoms with Gasteiger partial charge in [-0.3, -0.25) is 9.52 Å². The Morgan fingerprint density at radius 1 is 0.968 bits per heavy atom. The van der Waals surface area contributed by atoms with Crippen molar-refractivity contribution in [3.05, 3.63) is 95.8 Å². The molecule has 6 nitrogen and oxygen atoms in total. The number of nitrogens with zero attached hydrogens (tertiary/aromatic N) is 1. The van der Waals surface area contributed by atoms with Crippen LogP contribution in [-0.2, 0) is 10.0 Å². The smallest absolute Gasteiger partial charge is 0.262 e. The van der Waals surface area contributed by atoms with E-state index in [1.165, 1.54) is 42.5 Å². The van der Waals surface area contributed by atoms with E-state index in [2.05, 4.69) is 10.0 Å². The number of amides is 1. The molecule has 0 aliphatic heterocycles. The van der Waals surface area contributed by atoms with Crippen LogP contribution < -0.4 is 10.0 Å². The third kappa shape index (κ3) is 5.90. The van der Waals surface area contributed by atoms with Gasteiger partial charge in [-0.1, -0.05) is 48.5 Å². The van der Waals surface area contributed by atoms with E-state index in [0.29, 0.717) is 6.54 Å². The molecular formula is C23H24FN3O3S. The molecule has 31 heavy (non-hydrogen) atoms. The van der Waals surface area contributed by atoms with Gasteiger partial charge in [0.1, 0.15) is 5.82 Å². The minimum atomic E-state index is -4.07. The summed E-state index contributed by atoms with van der Waals surface area (Å²) in [4.78, 5) is 14.7. The zero-order chi connectivity index (χ0) is 22.4. The SMILES string of the molecule is CN(C)CC(NC(=O)c1cccc(S(=O)(=O)Nc2ccccc2F)c1)c1ccccc1. The largest absolute Gasteiger partial charge is 0.344 e. The number of para-hydroxylation sites is 1. The summed E-state index contributed by atoms with van der Waals surface area (Å²) in [6.07, 6.45) is 0. The molecule has 0 saturated carbocycles. The van der Waals surface area contributed by atoms with E-state index >= 15 is 0 Å². The van der Waals surface area contributed by atoms with Gasteiger partial charge >= 0.3 is 0 Å². The molecule has 1 unspecified atom stereocenters. The maximum atomic E-state index is 13.9. The van der Waals surface area contributed by atoms with Crippen LogP contribution >= 0.6 is 0 Å². The third-order valence-corrected chi connectivity index (χ3v) is 5.94. The molecule has 0 aromatic heterocycles. The summed E-state index contributed by atoms with van der Waals surface area (Å²) in [5.41, 5.74) is 0.970. The number of carbonyl (C=O) groups excluding carboxylic acids is 1. The first-order valence-electron chi connectivity index (χ1n) is 9.64. The van der Waals surface area contributed by atoms with E-state index < -0.39 is 21.7 Å². The highest BCUT2D eigenvalue weighted by molar-refractivity contribution is 7.92. The van der Waals surface area contributed by atoms with Crippen LogP contribution in [0.1, 0.15) is 22.0 Å². The average molecular weight is 442 g/mol. The first-order chi connectivity index (χ1) is 14.8. The van der Waals surface area contributed by atoms with Gasteiger partial charge in [0.2, 0.25) is 0 Å². The van der Waals surface area contributed by atoms with Crippen molar-refractivity contribution in [1.82, 2.24) is 10.2 Å². The van der Waals surface area contributed by atoms with Crippen LogP contribution in [0.4, 0.5) is 10.1 Å². The molecule has 0 spiro atoms. The van der Waals surface area contributed by atoms with Crippen molar-refractivity contribution < 1.29 is 17.6 Å². The van der Waals surface area contributed by atoms with E-state index in [1.807, 2.05) is 49.3 Å². The molecule has 0 heterocycles. The molecule has 0 fully saturated rings. The molecule has 3 aromatic rings. The molecule has 2 N–H and O–H groups in total. The summed E-state index contributed by atoms with van der Waals surface area (Å²) in [6.45, 7) is 0.572. The summed E-state index contributed by atoms with van der Waals surface area (Å²) in [5, 5.41) is 2.96. The molecule has 1 amide bonds. The molecule has 0 radical (unpaired) electrons. The van der Waals surface area contributed by atoms with Gasteiger partial charge in [-0.05, 0) is 50.0 Å². The van der Waals surface area contributed by atoms with Crippen LogP contribution in [0, 0.1) is 5.82 Å². The average Bonchev–Trinajstić information content (AvgIpc) is 2.75. The Labute approximate surface area is 181 Å². The second-order valence-corrected chi connectivity index (χ2v) is 8.99. The van der Waals surface area contributed by atoms with Crippen LogP contribution in [0.2, 0.25) is 0 Å². The summed E-state index contributed by atoms with van der Waals surface area (Å²) < 4.78 is 41.5. The van der Waals surface area contributed by atoms with Crippen LogP contribution in [0.15, 0.2) is 83.8 Å². The van der Waals surface area contributed by atoms with Crippen LogP contribution in [0.5, 0.6) is 0 Å². The fourth-order valence-corrected chi connectivity index (χ4v) is 4.19. The first kappa shape index (κ1) is 22.5. The fraction of sp³-hybridized carbons (Fsp3) is 0.174. The highest BCUT2D eigenvalue weighted by Crippen LogP contribution is 2.20. The maximum Gasteiger partial charge on any atom is 0.262 e. The lowest BCUT2D eigenvalue weighted by molar-refractivity contribution is 0.0929. The van der Waals surface area contributed by atoms with Crippen LogP contribution in [0.3, 0.4) is 0 Å². The molecule has 3 aromatic carbocycles. The molecule has 1 atom stereocenters. The second-order valence-electron chi connectivity index (χ2n) is 7.31. The van der Waals surface area contributed by atoms with E-state index in [-0.39, 0.29) is 22.2 Å². The predicted octanol–water partition coefficient (Wildman–Crippen LogP) is 3.66. The van der Waals surface area contributed by atoms with Gasteiger partial charge in [-0.25, -0.2) is 12.8 Å². The number of likely N-dealkylation sites (N-methyl/N-ethyl adjacent to an activating group) is 1. The Morgan fingerprint density at radius 3 is 2.32 bits per heavy atom. The Hall–Kier alpha value is -3.23. The molecular weight excluding hydrogens is 417 g/mol. The van der Waals surface area contributed by atoms with Gasteiger partial charge < -0.3 is 10.2 Å². The summed E-state index contributed by atoms with van der Waals surface area (Å²) >= 11 is 0. The molecule has 0 aliphatic carbocycles. The monoisotopic (exact) mass is 441 g/mol. The van der Waals surface area contributed by atoms with Crippen LogP contribution in [-0.4, -0.2) is 39.9 Å². The summed E-state index contributed by atoms with van der Waals surface area (Å²) in [7, 11) is -0.257. The zero-order valence-electron chi connectivity index (χ0n) is 17.2. The number of sulfonamides is 1. The van der Waals surface area contributed by atoms with E-state index in [9.17, 15) is 17.6 Å². The van der Waals surface area contributed by atoms with Crippen molar-refractivity contribution in [2.45, 2.75) is 10.9 Å². The topological polar surface area (TPSA) is 78.5 Å². The normalized spacial score (nSPS) is 12.4. The zero-order valence-corrected chi connectivity index (χ0v) is 18.1. The van der Waals surface area contributed by atoms with E-state index in [0.717, 1.165) is 11.6 Å². The first-order valence-corrected chi connectivity index (χ1v) is 11.1. The molecule has 162 valence electrons. The lowest BCUT2D eigenvalue weighted by Crippen LogP contribution is -2.35. The Balaban J connectivity index is 1.83. The highest BCUT2D eigenvalue weighted by Gasteiger charge is 2.20. The van der Waals surface area contributed by atoms with Crippen molar-refractivity contribution in [2.24, 2.45) is 0 Å². The Morgan fingerprint density at radius 2 is 1.65 bits per heavy atom. The van der Waals surface area contributed by atoms with Gasteiger partial charge in [-0.15, -0.1) is 0 Å². The number of rotatable bonds is 8. The Bertz CT molecular complexity index is 1150. The number of nitrogens with one attached hydrogen (secondary N) is 2. The van der Waals surface area contributed by atoms with Crippen molar-refractivity contribution in [3.63, 3.8) is 0 Å². The van der Waals surface area contributed by atoms with Gasteiger partial charge in [0.25, 0.3) is 15.9 Å². The highest BCUT2D eigenvalue weighted by atomic mass is 32.2. The number of halogens is 1. The predicted molar refractivity (Wildman–Crippen MR) is 119 cm³/mol. The quantitative estimate of drug-likeness (QED) is 0.559. The van der Waals surface area contributed by atoms with E-state index in [4.69, 9.17) is 0 Å². The molecule has 8 heteroatoms. The standard InChI is InChI=1S/C23H24FN3O3S/c1-27(2)16-22(17-9-4-3-5-10-17)25-23(28)18-11-8-12-19(15-18)31(29,30)26-21-14-7-6-13-20(21)24/h3-15,22,26H,16H2,1-2H3,(H,25,28). The third-order valence-electron chi connectivity index (χ3n) is 4.58. The summed E-state index contributed by atoms with van der Waals surface area (Å²) in [6, 6.07) is 20.4. The van der Waals surface area contributed by atoms with Gasteiger partial charge in [0, 0.05) is 12.1 Å². The van der Waals surface area contributed by atoms with E-state index in [1.54, 1.807) is 0 Å². The van der Waals surface area contributed by atoms with Gasteiger partial charge in [0.15, 0.2) is 0 Å². The molecule has 0 saturated heterocycles. The minimum absolute atomic E-state index is 0.132. The maximum absolute atomic E-state index is 13.9. The minimum Gasteiger partial charge on any atom is -0.344 e. The second kappa shape index (κ2) is 9.72. The summed E-state index contributed by atoms with van der Waals surface area (Å²) in [5.74, 6) is -1.09. The Kier molecular flexibility index (Phi) is 7.04. The molecule has 0 bridgehead atoms. The number of hydrogen-bond acceptors (Lipinski definition) is 4. The fourth-order valence-electron chi connectivity index (χ4n) is 3.08. The molecule has 3 rings (SSSR count). The lowest BCUT2D eigenvalue weighted by atomic mass is 10.1. The number of anilines is 1. The number of benzene rings is 3. The number of hydrogen-bond donors (Lipinski definition) is 2. The van der Waals surface area contributed by atoms with Gasteiger partial charge in [-0.2, -0.15) is 0 Å². The van der Waals surface area contributed by atoms with Crippen molar-refractivity contribution >= 4 is 21.6 Å². The lowest BCUT2D eigenvalue weighted by Gasteiger charge is -2.23. The number of carbonyl (C=O) groups is 1. The van der Waals surface area contributed by atoms with Crippen LogP contribution in [0.25, 0.3) is 0 Å².